The molecule has 1 aromatic carbocycles. The number of thioether (sulfide) groups is 1. The van der Waals surface area contributed by atoms with Gasteiger partial charge in [-0.25, -0.2) is 0 Å². The Kier molecular flexibility index (Phi) is 5.25. The van der Waals surface area contributed by atoms with Gasteiger partial charge in [-0.2, -0.15) is 5.26 Å². The first-order chi connectivity index (χ1) is 9.72. The van der Waals surface area contributed by atoms with Crippen molar-refractivity contribution < 1.29 is 4.79 Å². The summed E-state index contributed by atoms with van der Waals surface area (Å²) in [6.07, 6.45) is 8.02. The van der Waals surface area contributed by atoms with Crippen LogP contribution in [0.5, 0.6) is 0 Å². The van der Waals surface area contributed by atoms with E-state index in [1.807, 2.05) is 36.6 Å². The topological polar surface area (TPSA) is 52.9 Å². The molecule has 104 valence electrons. The van der Waals surface area contributed by atoms with Gasteiger partial charge in [0.2, 0.25) is 0 Å². The van der Waals surface area contributed by atoms with Crippen molar-refractivity contribution in [3.05, 3.63) is 35.4 Å². The Hall–Kier alpha value is -1.73. The smallest absolute Gasteiger partial charge is 0.262 e. The summed E-state index contributed by atoms with van der Waals surface area (Å²) >= 11 is 1.66. The second-order valence-corrected chi connectivity index (χ2v) is 5.78. The molecule has 1 saturated carbocycles. The van der Waals surface area contributed by atoms with Crippen LogP contribution in [0.4, 0.5) is 0 Å². The molecule has 1 amide bonds. The Morgan fingerprint density at radius 1 is 1.35 bits per heavy atom. The van der Waals surface area contributed by atoms with Gasteiger partial charge in [-0.15, -0.1) is 11.8 Å². The minimum Gasteiger partial charge on any atom is -0.349 e. The fourth-order valence-corrected chi connectivity index (χ4v) is 2.76. The van der Waals surface area contributed by atoms with Gasteiger partial charge < -0.3 is 5.32 Å². The first kappa shape index (κ1) is 14.7. The highest BCUT2D eigenvalue weighted by atomic mass is 32.2. The van der Waals surface area contributed by atoms with Gasteiger partial charge in [0.25, 0.3) is 5.91 Å². The monoisotopic (exact) mass is 286 g/mol. The van der Waals surface area contributed by atoms with E-state index in [9.17, 15) is 4.79 Å². The predicted molar refractivity (Wildman–Crippen MR) is 82.2 cm³/mol. The summed E-state index contributed by atoms with van der Waals surface area (Å²) in [6.45, 7) is 0. The minimum absolute atomic E-state index is 0.175. The molecule has 0 radical (unpaired) electrons. The van der Waals surface area contributed by atoms with Crippen LogP contribution in [0.2, 0.25) is 0 Å². The first-order valence-corrected chi connectivity index (χ1v) is 8.02. The van der Waals surface area contributed by atoms with Crippen LogP contribution >= 0.6 is 11.8 Å². The molecular formula is C16H18N2OS. The number of nitriles is 1. The van der Waals surface area contributed by atoms with E-state index in [1.54, 1.807) is 17.8 Å². The summed E-state index contributed by atoms with van der Waals surface area (Å²) in [5, 5.41) is 12.1. The highest BCUT2D eigenvalue weighted by molar-refractivity contribution is 7.98. The van der Waals surface area contributed by atoms with Crippen molar-refractivity contribution in [2.75, 3.05) is 6.26 Å². The van der Waals surface area contributed by atoms with Crippen molar-refractivity contribution in [3.63, 3.8) is 0 Å². The Morgan fingerprint density at radius 3 is 2.55 bits per heavy atom. The molecule has 0 saturated heterocycles. The molecule has 0 aromatic heterocycles. The standard InChI is InChI=1S/C16H18N2OS/c1-20-15-8-6-12(7-9-15)10-13(11-17)16(19)18-14-4-2-3-5-14/h6-10,14H,2-5H2,1H3,(H,18,19)/b13-10-. The molecule has 0 aliphatic heterocycles. The molecule has 0 bridgehead atoms. The third-order valence-corrected chi connectivity index (χ3v) is 4.23. The van der Waals surface area contributed by atoms with Crippen molar-refractivity contribution in [3.8, 4) is 6.07 Å². The van der Waals surface area contributed by atoms with Crippen LogP contribution in [0.25, 0.3) is 6.08 Å². The second-order valence-electron chi connectivity index (χ2n) is 4.90. The van der Waals surface area contributed by atoms with E-state index < -0.39 is 0 Å². The van der Waals surface area contributed by atoms with Gasteiger partial charge in [-0.05, 0) is 42.9 Å². The van der Waals surface area contributed by atoms with Crippen LogP contribution in [0, 0.1) is 11.3 Å². The maximum absolute atomic E-state index is 12.1. The van der Waals surface area contributed by atoms with E-state index in [2.05, 4.69) is 5.32 Å². The van der Waals surface area contributed by atoms with Gasteiger partial charge in [-0.1, -0.05) is 25.0 Å². The van der Waals surface area contributed by atoms with Crippen molar-refractivity contribution in [1.29, 1.82) is 5.26 Å². The average Bonchev–Trinajstić information content (AvgIpc) is 2.98. The fraction of sp³-hybridized carbons (Fsp3) is 0.375. The molecule has 3 nitrogen and oxygen atoms in total. The number of rotatable bonds is 4. The second kappa shape index (κ2) is 7.16. The van der Waals surface area contributed by atoms with Gasteiger partial charge in [0.05, 0.1) is 0 Å². The lowest BCUT2D eigenvalue weighted by molar-refractivity contribution is -0.117. The summed E-state index contributed by atoms with van der Waals surface area (Å²) in [5.41, 5.74) is 1.05. The van der Waals surface area contributed by atoms with Crippen LogP contribution in [-0.2, 0) is 4.79 Å². The number of carbonyl (C=O) groups is 1. The van der Waals surface area contributed by atoms with E-state index in [1.165, 1.54) is 0 Å². The quantitative estimate of drug-likeness (QED) is 0.524. The number of nitrogens with one attached hydrogen (secondary N) is 1. The predicted octanol–water partition coefficient (Wildman–Crippen LogP) is 3.37. The van der Waals surface area contributed by atoms with Crippen molar-refractivity contribution in [1.82, 2.24) is 5.32 Å². The average molecular weight is 286 g/mol. The molecule has 1 N–H and O–H groups in total. The summed E-state index contributed by atoms with van der Waals surface area (Å²) in [4.78, 5) is 13.2. The molecule has 2 rings (SSSR count). The Balaban J connectivity index is 2.07. The SMILES string of the molecule is CSc1ccc(/C=C(/C#N)C(=O)NC2CCCC2)cc1. The van der Waals surface area contributed by atoms with Gasteiger partial charge in [-0.3, -0.25) is 4.79 Å². The number of hydrogen-bond acceptors (Lipinski definition) is 3. The van der Waals surface area contributed by atoms with E-state index in [0.717, 1.165) is 36.1 Å². The van der Waals surface area contributed by atoms with Crippen molar-refractivity contribution in [2.24, 2.45) is 0 Å². The maximum Gasteiger partial charge on any atom is 0.262 e. The number of amides is 1. The van der Waals surface area contributed by atoms with Crippen molar-refractivity contribution >= 4 is 23.7 Å². The number of carbonyl (C=O) groups excluding carboxylic acids is 1. The largest absolute Gasteiger partial charge is 0.349 e. The summed E-state index contributed by atoms with van der Waals surface area (Å²) in [6, 6.07) is 10.0. The van der Waals surface area contributed by atoms with Crippen LogP contribution in [0.15, 0.2) is 34.7 Å². The van der Waals surface area contributed by atoms with Crippen molar-refractivity contribution in [2.45, 2.75) is 36.6 Å². The molecule has 0 spiro atoms. The highest BCUT2D eigenvalue weighted by Gasteiger charge is 2.19. The first-order valence-electron chi connectivity index (χ1n) is 6.79. The zero-order valence-corrected chi connectivity index (χ0v) is 12.4. The number of benzene rings is 1. The number of hydrogen-bond donors (Lipinski definition) is 1. The minimum atomic E-state index is -0.256. The summed E-state index contributed by atoms with van der Waals surface area (Å²) < 4.78 is 0. The molecule has 4 heteroatoms. The maximum atomic E-state index is 12.1. The van der Waals surface area contributed by atoms with E-state index in [0.29, 0.717) is 0 Å². The highest BCUT2D eigenvalue weighted by Crippen LogP contribution is 2.19. The molecule has 0 unspecified atom stereocenters. The summed E-state index contributed by atoms with van der Waals surface area (Å²) in [7, 11) is 0. The Labute approximate surface area is 124 Å². The molecule has 1 fully saturated rings. The Bertz CT molecular complexity index is 537. The van der Waals surface area contributed by atoms with Gasteiger partial charge in [0.15, 0.2) is 0 Å². The zero-order valence-electron chi connectivity index (χ0n) is 11.6. The number of nitrogens with zero attached hydrogens (tertiary/aromatic N) is 1. The van der Waals surface area contributed by atoms with Crippen LogP contribution in [0.3, 0.4) is 0 Å². The normalized spacial score (nSPS) is 15.9. The molecule has 0 heterocycles. The molecule has 0 atom stereocenters. The molecule has 1 aliphatic carbocycles. The van der Waals surface area contributed by atoms with Gasteiger partial charge in [0, 0.05) is 10.9 Å². The Morgan fingerprint density at radius 2 is 2.00 bits per heavy atom. The third-order valence-electron chi connectivity index (χ3n) is 3.48. The lowest BCUT2D eigenvalue weighted by atomic mass is 10.1. The molecule has 20 heavy (non-hydrogen) atoms. The summed E-state index contributed by atoms with van der Waals surface area (Å²) in [5.74, 6) is -0.256. The molecular weight excluding hydrogens is 268 g/mol. The zero-order chi connectivity index (χ0) is 14.4. The third kappa shape index (κ3) is 3.88. The van der Waals surface area contributed by atoms with E-state index in [4.69, 9.17) is 5.26 Å². The molecule has 1 aliphatic rings. The lowest BCUT2D eigenvalue weighted by Crippen LogP contribution is -2.33. The van der Waals surface area contributed by atoms with E-state index in [-0.39, 0.29) is 17.5 Å². The lowest BCUT2D eigenvalue weighted by Gasteiger charge is -2.10. The van der Waals surface area contributed by atoms with Crippen LogP contribution in [0.1, 0.15) is 31.2 Å². The van der Waals surface area contributed by atoms with Crippen LogP contribution < -0.4 is 5.32 Å². The molecule has 1 aromatic rings. The van der Waals surface area contributed by atoms with Gasteiger partial charge >= 0.3 is 0 Å². The fourth-order valence-electron chi connectivity index (χ4n) is 2.35. The van der Waals surface area contributed by atoms with E-state index >= 15 is 0 Å². The van der Waals surface area contributed by atoms with Gasteiger partial charge in [0.1, 0.15) is 11.6 Å². The van der Waals surface area contributed by atoms with Crippen LogP contribution in [-0.4, -0.2) is 18.2 Å².